The van der Waals surface area contributed by atoms with Gasteiger partial charge in [0.05, 0.1) is 12.7 Å². The number of rotatable bonds is 4. The minimum absolute atomic E-state index is 0.0182. The zero-order valence-corrected chi connectivity index (χ0v) is 12.5. The molecule has 1 aliphatic heterocycles. The fourth-order valence-corrected chi connectivity index (χ4v) is 3.51. The number of carbonyl (C=O) groups is 1. The van der Waals surface area contributed by atoms with Crippen LogP contribution in [0.1, 0.15) is 33.6 Å². The summed E-state index contributed by atoms with van der Waals surface area (Å²) in [4.78, 5) is 12.5. The van der Waals surface area contributed by atoms with E-state index in [-0.39, 0.29) is 24.5 Å². The Bertz CT molecular complexity index is 397. The molecule has 0 aromatic heterocycles. The number of carbonyl (C=O) groups excluding carboxylic acids is 1. The van der Waals surface area contributed by atoms with E-state index >= 15 is 0 Å². The van der Waals surface area contributed by atoms with Crippen LogP contribution in [0, 0.1) is 11.3 Å². The van der Waals surface area contributed by atoms with Crippen LogP contribution in [-0.4, -0.2) is 53.1 Å². The van der Waals surface area contributed by atoms with Crippen LogP contribution in [0.25, 0.3) is 0 Å². The van der Waals surface area contributed by atoms with Gasteiger partial charge in [-0.15, -0.1) is 0 Å². The van der Waals surface area contributed by atoms with Crippen LogP contribution >= 0.6 is 0 Å². The van der Waals surface area contributed by atoms with E-state index in [0.717, 1.165) is 19.4 Å². The molecule has 1 amide bonds. The maximum Gasteiger partial charge on any atom is 0.241 e. The van der Waals surface area contributed by atoms with Crippen LogP contribution in [-0.2, 0) is 9.53 Å². The van der Waals surface area contributed by atoms with Crippen LogP contribution in [0.3, 0.4) is 0 Å². The number of nitrogens with one attached hydrogen (secondary N) is 1. The highest BCUT2D eigenvalue weighted by atomic mass is 16.5. The summed E-state index contributed by atoms with van der Waals surface area (Å²) in [6, 6.07) is 0. The molecule has 0 spiro atoms. The first-order valence-corrected chi connectivity index (χ1v) is 7.19. The molecule has 4 unspecified atom stereocenters. The van der Waals surface area contributed by atoms with Crippen molar-refractivity contribution < 1.29 is 19.7 Å². The van der Waals surface area contributed by atoms with E-state index in [1.54, 1.807) is 0 Å². The van der Waals surface area contributed by atoms with E-state index < -0.39 is 23.2 Å². The number of hydrogen-bond acceptors (Lipinski definition) is 5. The minimum Gasteiger partial charge on any atom is -0.393 e. The van der Waals surface area contributed by atoms with Crippen molar-refractivity contribution in [3.63, 3.8) is 0 Å². The third-order valence-electron chi connectivity index (χ3n) is 5.03. The molecule has 2 aliphatic rings. The fourth-order valence-electron chi connectivity index (χ4n) is 3.51. The van der Waals surface area contributed by atoms with E-state index in [0.29, 0.717) is 0 Å². The van der Waals surface area contributed by atoms with E-state index in [9.17, 15) is 9.90 Å². The Balaban J connectivity index is 2.08. The van der Waals surface area contributed by atoms with Crippen molar-refractivity contribution in [1.82, 2.24) is 5.32 Å². The highest BCUT2D eigenvalue weighted by Crippen LogP contribution is 2.57. The van der Waals surface area contributed by atoms with Crippen molar-refractivity contribution in [2.75, 3.05) is 19.8 Å². The molecule has 0 aromatic carbocycles. The van der Waals surface area contributed by atoms with Gasteiger partial charge in [-0.1, -0.05) is 13.8 Å². The Morgan fingerprint density at radius 2 is 2.20 bits per heavy atom. The summed E-state index contributed by atoms with van der Waals surface area (Å²) in [5.41, 5.74) is 3.66. The van der Waals surface area contributed by atoms with Crippen LogP contribution in [0.4, 0.5) is 0 Å². The van der Waals surface area contributed by atoms with Crippen LogP contribution in [0.2, 0.25) is 0 Å². The van der Waals surface area contributed by atoms with Crippen molar-refractivity contribution >= 4 is 5.91 Å². The van der Waals surface area contributed by atoms with Crippen molar-refractivity contribution in [3.05, 3.63) is 0 Å². The first kappa shape index (κ1) is 15.7. The zero-order valence-electron chi connectivity index (χ0n) is 12.5. The molecule has 0 aromatic rings. The third-order valence-corrected chi connectivity index (χ3v) is 5.03. The molecular weight excluding hydrogens is 260 g/mol. The number of nitrogens with two attached hydrogens (primary N) is 1. The van der Waals surface area contributed by atoms with Gasteiger partial charge in [0.2, 0.25) is 5.91 Å². The first-order valence-electron chi connectivity index (χ1n) is 7.19. The quantitative estimate of drug-likeness (QED) is 0.551. The number of ether oxygens (including phenoxy) is 1. The highest BCUT2D eigenvalue weighted by molar-refractivity contribution is 5.89. The topological polar surface area (TPSA) is 105 Å². The van der Waals surface area contributed by atoms with Gasteiger partial charge in [-0.3, -0.25) is 4.79 Å². The van der Waals surface area contributed by atoms with Gasteiger partial charge in [0.25, 0.3) is 0 Å². The second kappa shape index (κ2) is 4.94. The van der Waals surface area contributed by atoms with Gasteiger partial charge in [0.15, 0.2) is 0 Å². The molecule has 0 radical (unpaired) electrons. The molecule has 20 heavy (non-hydrogen) atoms. The molecule has 6 heteroatoms. The fraction of sp³-hybridized carbons (Fsp3) is 0.929. The molecule has 2 fully saturated rings. The average molecular weight is 286 g/mol. The summed E-state index contributed by atoms with van der Waals surface area (Å²) in [5.74, 6) is -0.256. The van der Waals surface area contributed by atoms with E-state index in [1.807, 2.05) is 13.8 Å². The summed E-state index contributed by atoms with van der Waals surface area (Å²) >= 11 is 0. The van der Waals surface area contributed by atoms with Crippen molar-refractivity contribution in [3.8, 4) is 0 Å². The smallest absolute Gasteiger partial charge is 0.241 e. The number of aliphatic hydroxyl groups is 2. The molecule has 5 N–H and O–H groups in total. The summed E-state index contributed by atoms with van der Waals surface area (Å²) in [6.07, 6.45) is 1.82. The predicted molar refractivity (Wildman–Crippen MR) is 73.9 cm³/mol. The van der Waals surface area contributed by atoms with Crippen LogP contribution in [0.15, 0.2) is 0 Å². The average Bonchev–Trinajstić information content (AvgIpc) is 2.43. The van der Waals surface area contributed by atoms with Crippen molar-refractivity contribution in [2.24, 2.45) is 17.1 Å². The van der Waals surface area contributed by atoms with Crippen LogP contribution < -0.4 is 11.1 Å². The van der Waals surface area contributed by atoms with Gasteiger partial charge in [-0.05, 0) is 19.8 Å². The summed E-state index contributed by atoms with van der Waals surface area (Å²) in [5, 5.41) is 21.5. The maximum absolute atomic E-state index is 12.5. The normalized spacial score (nSPS) is 38.3. The Kier molecular flexibility index (Phi) is 3.88. The summed E-state index contributed by atoms with van der Waals surface area (Å²) in [7, 11) is 0. The molecule has 4 atom stereocenters. The predicted octanol–water partition coefficient (Wildman–Crippen LogP) is -0.622. The van der Waals surface area contributed by atoms with Gasteiger partial charge in [-0.2, -0.15) is 0 Å². The maximum atomic E-state index is 12.5. The third kappa shape index (κ3) is 2.15. The Labute approximate surface area is 119 Å². The Morgan fingerprint density at radius 1 is 1.55 bits per heavy atom. The van der Waals surface area contributed by atoms with Gasteiger partial charge >= 0.3 is 0 Å². The minimum atomic E-state index is -1.33. The zero-order chi connectivity index (χ0) is 15.2. The second-order valence-corrected chi connectivity index (χ2v) is 6.97. The highest BCUT2D eigenvalue weighted by Gasteiger charge is 2.70. The van der Waals surface area contributed by atoms with Gasteiger partial charge in [0, 0.05) is 24.5 Å². The first-order chi connectivity index (χ1) is 9.17. The molecule has 0 bridgehead atoms. The molecule has 1 saturated carbocycles. The van der Waals surface area contributed by atoms with E-state index in [4.69, 9.17) is 15.6 Å². The Morgan fingerprint density at radius 3 is 2.80 bits per heavy atom. The van der Waals surface area contributed by atoms with Crippen LogP contribution in [0.5, 0.6) is 0 Å². The lowest BCUT2D eigenvalue weighted by Crippen LogP contribution is -2.82. The second-order valence-electron chi connectivity index (χ2n) is 6.97. The molecule has 2 rings (SSSR count). The standard InChI is InChI=1S/C14H26N2O4/c1-12(2)10-9(5-4-6-20-10)14(12,15)11(18)16-7-13(3,19)8-17/h9-10,17,19H,4-8,15H2,1-3H3,(H,16,18). The summed E-state index contributed by atoms with van der Waals surface area (Å²) in [6.45, 7) is 5.65. The van der Waals surface area contributed by atoms with Gasteiger partial charge in [0.1, 0.15) is 11.1 Å². The number of aliphatic hydroxyl groups excluding tert-OH is 1. The lowest BCUT2D eigenvalue weighted by molar-refractivity contribution is -0.225. The number of fused-ring (bicyclic) bond motifs is 1. The van der Waals surface area contributed by atoms with Gasteiger partial charge < -0.3 is 26.0 Å². The SMILES string of the molecule is CC(O)(CO)CNC(=O)C1(N)C2CCCOC2C1(C)C. The number of hydrogen-bond donors (Lipinski definition) is 4. The summed E-state index contributed by atoms with van der Waals surface area (Å²) < 4.78 is 5.75. The van der Waals surface area contributed by atoms with E-state index in [2.05, 4.69) is 5.32 Å². The molecule has 1 heterocycles. The monoisotopic (exact) mass is 286 g/mol. The van der Waals surface area contributed by atoms with Crippen molar-refractivity contribution in [1.29, 1.82) is 0 Å². The Hall–Kier alpha value is -0.690. The molecule has 1 saturated heterocycles. The van der Waals surface area contributed by atoms with E-state index in [1.165, 1.54) is 6.92 Å². The molecule has 1 aliphatic carbocycles. The number of amides is 1. The molecule has 116 valence electrons. The lowest BCUT2D eigenvalue weighted by atomic mass is 9.46. The van der Waals surface area contributed by atoms with Crippen molar-refractivity contribution in [2.45, 2.75) is 50.9 Å². The lowest BCUT2D eigenvalue weighted by Gasteiger charge is -2.65. The molecule has 6 nitrogen and oxygen atoms in total. The molecular formula is C14H26N2O4. The van der Waals surface area contributed by atoms with Gasteiger partial charge in [-0.25, -0.2) is 0 Å². The largest absolute Gasteiger partial charge is 0.393 e.